The smallest absolute Gasteiger partial charge is 0.245 e. The molecule has 0 aromatic rings. The molecule has 2 aliphatic heterocycles. The predicted octanol–water partition coefficient (Wildman–Crippen LogP) is 0.540. The highest BCUT2D eigenvalue weighted by molar-refractivity contribution is 5.90. The summed E-state index contributed by atoms with van der Waals surface area (Å²) >= 11 is 0. The Balaban J connectivity index is 1.58. The molecule has 1 N–H and O–H groups in total. The van der Waals surface area contributed by atoms with Crippen LogP contribution in [0.2, 0.25) is 0 Å². The summed E-state index contributed by atoms with van der Waals surface area (Å²) in [4.78, 5) is 26.0. The van der Waals surface area contributed by atoms with Crippen molar-refractivity contribution in [3.8, 4) is 0 Å². The van der Waals surface area contributed by atoms with E-state index in [-0.39, 0.29) is 17.9 Å². The van der Waals surface area contributed by atoms with E-state index in [1.807, 2.05) is 4.90 Å². The molecule has 0 spiro atoms. The first kappa shape index (κ1) is 12.9. The second-order valence-electron chi connectivity index (χ2n) is 5.98. The molecule has 3 aliphatic rings. The van der Waals surface area contributed by atoms with Crippen molar-refractivity contribution < 1.29 is 14.3 Å². The molecule has 1 aliphatic carbocycles. The quantitative estimate of drug-likeness (QED) is 0.808. The molecule has 0 aromatic carbocycles. The predicted molar refractivity (Wildman–Crippen MR) is 69.4 cm³/mol. The largest absolute Gasteiger partial charge is 0.381 e. The zero-order valence-electron chi connectivity index (χ0n) is 11.3. The minimum absolute atomic E-state index is 0.0250. The van der Waals surface area contributed by atoms with Gasteiger partial charge in [-0.15, -0.1) is 0 Å². The van der Waals surface area contributed by atoms with Crippen molar-refractivity contribution in [3.63, 3.8) is 0 Å². The first-order valence-corrected chi connectivity index (χ1v) is 7.40. The van der Waals surface area contributed by atoms with Crippen LogP contribution >= 0.6 is 0 Å². The third-order valence-electron chi connectivity index (χ3n) is 4.43. The molecule has 2 heterocycles. The summed E-state index contributed by atoms with van der Waals surface area (Å²) in [6.45, 7) is 3.02. The number of hydrogen-bond donors (Lipinski definition) is 1. The summed E-state index contributed by atoms with van der Waals surface area (Å²) in [6.07, 6.45) is 4.68. The zero-order valence-corrected chi connectivity index (χ0v) is 11.3. The average Bonchev–Trinajstić information content (AvgIpc) is 3.13. The van der Waals surface area contributed by atoms with Gasteiger partial charge < -0.3 is 15.0 Å². The van der Waals surface area contributed by atoms with Crippen LogP contribution in [0.25, 0.3) is 0 Å². The summed E-state index contributed by atoms with van der Waals surface area (Å²) < 4.78 is 5.37. The Morgan fingerprint density at radius 2 is 2.11 bits per heavy atom. The molecule has 0 bridgehead atoms. The van der Waals surface area contributed by atoms with Gasteiger partial charge in [-0.05, 0) is 37.5 Å². The first-order valence-electron chi connectivity index (χ1n) is 7.40. The van der Waals surface area contributed by atoms with Crippen LogP contribution in [0, 0.1) is 11.8 Å². The van der Waals surface area contributed by atoms with Crippen LogP contribution in [0.15, 0.2) is 0 Å². The van der Waals surface area contributed by atoms with Crippen LogP contribution in [0.4, 0.5) is 0 Å². The van der Waals surface area contributed by atoms with Gasteiger partial charge in [0.1, 0.15) is 6.04 Å². The van der Waals surface area contributed by atoms with Crippen LogP contribution in [-0.2, 0) is 14.3 Å². The lowest BCUT2D eigenvalue weighted by Gasteiger charge is -2.25. The highest BCUT2D eigenvalue weighted by Gasteiger charge is 2.40. The van der Waals surface area contributed by atoms with E-state index in [2.05, 4.69) is 5.32 Å². The fraction of sp³-hybridized carbons (Fsp3) is 0.857. The van der Waals surface area contributed by atoms with Gasteiger partial charge in [-0.2, -0.15) is 0 Å². The van der Waals surface area contributed by atoms with Crippen LogP contribution in [0.3, 0.4) is 0 Å². The van der Waals surface area contributed by atoms with Gasteiger partial charge in [0.15, 0.2) is 0 Å². The van der Waals surface area contributed by atoms with Crippen molar-refractivity contribution in [1.29, 1.82) is 0 Å². The second-order valence-corrected chi connectivity index (χ2v) is 5.98. The van der Waals surface area contributed by atoms with Gasteiger partial charge in [-0.1, -0.05) is 0 Å². The van der Waals surface area contributed by atoms with Crippen LogP contribution in [-0.4, -0.2) is 49.1 Å². The van der Waals surface area contributed by atoms with Crippen molar-refractivity contribution in [2.75, 3.05) is 26.3 Å². The third kappa shape index (κ3) is 3.08. The molecule has 5 nitrogen and oxygen atoms in total. The molecule has 2 unspecified atom stereocenters. The van der Waals surface area contributed by atoms with E-state index in [1.165, 1.54) is 0 Å². The Morgan fingerprint density at radius 1 is 1.26 bits per heavy atom. The minimum atomic E-state index is -0.255. The Bertz CT molecular complexity index is 362. The normalized spacial score (nSPS) is 32.3. The number of hydrogen-bond acceptors (Lipinski definition) is 3. The molecule has 3 rings (SSSR count). The molecule has 1 saturated carbocycles. The third-order valence-corrected chi connectivity index (χ3v) is 4.43. The Labute approximate surface area is 113 Å². The molecule has 106 valence electrons. The van der Waals surface area contributed by atoms with Gasteiger partial charge in [0.2, 0.25) is 11.8 Å². The molecule has 3 fully saturated rings. The lowest BCUT2D eigenvalue weighted by atomic mass is 10.0. The lowest BCUT2D eigenvalue weighted by Crippen LogP contribution is -2.46. The molecule has 19 heavy (non-hydrogen) atoms. The van der Waals surface area contributed by atoms with Gasteiger partial charge in [0, 0.05) is 32.7 Å². The molecular formula is C14H22N2O3. The van der Waals surface area contributed by atoms with Gasteiger partial charge in [0.25, 0.3) is 0 Å². The van der Waals surface area contributed by atoms with Gasteiger partial charge in [-0.3, -0.25) is 9.59 Å². The van der Waals surface area contributed by atoms with Crippen molar-refractivity contribution in [1.82, 2.24) is 10.2 Å². The highest BCUT2D eigenvalue weighted by Crippen LogP contribution is 2.34. The number of carbonyl (C=O) groups is 2. The summed E-state index contributed by atoms with van der Waals surface area (Å²) in [5.41, 5.74) is 0. The molecule has 0 aromatic heterocycles. The Hall–Kier alpha value is -1.10. The fourth-order valence-electron chi connectivity index (χ4n) is 2.97. The standard InChI is InChI=1S/C14H22N2O3/c17-12-4-7-16(6-3-10-5-8-19-9-10)14(18)13(15-12)11-1-2-11/h10-11,13H,1-9H2,(H,15,17). The van der Waals surface area contributed by atoms with E-state index in [0.717, 1.165) is 45.4 Å². The van der Waals surface area contributed by atoms with Crippen LogP contribution in [0.5, 0.6) is 0 Å². The van der Waals surface area contributed by atoms with E-state index in [9.17, 15) is 9.59 Å². The van der Waals surface area contributed by atoms with E-state index in [0.29, 0.717) is 24.8 Å². The van der Waals surface area contributed by atoms with Crippen molar-refractivity contribution in [3.05, 3.63) is 0 Å². The molecule has 2 amide bonds. The number of rotatable bonds is 4. The topological polar surface area (TPSA) is 58.6 Å². The van der Waals surface area contributed by atoms with Gasteiger partial charge >= 0.3 is 0 Å². The summed E-state index contributed by atoms with van der Waals surface area (Å²) in [6, 6.07) is -0.255. The SMILES string of the molecule is O=C1CCN(CCC2CCOC2)C(=O)C(C2CC2)N1. The Kier molecular flexibility index (Phi) is 3.73. The summed E-state index contributed by atoms with van der Waals surface area (Å²) in [5.74, 6) is 1.12. The van der Waals surface area contributed by atoms with Crippen molar-refractivity contribution >= 4 is 11.8 Å². The maximum absolute atomic E-state index is 12.5. The number of carbonyl (C=O) groups excluding carboxylic acids is 2. The van der Waals surface area contributed by atoms with E-state index < -0.39 is 0 Å². The van der Waals surface area contributed by atoms with Crippen LogP contribution in [0.1, 0.15) is 32.1 Å². The number of nitrogens with zero attached hydrogens (tertiary/aromatic N) is 1. The second kappa shape index (κ2) is 5.49. The molecule has 2 atom stereocenters. The monoisotopic (exact) mass is 266 g/mol. The molecule has 2 saturated heterocycles. The minimum Gasteiger partial charge on any atom is -0.381 e. The highest BCUT2D eigenvalue weighted by atomic mass is 16.5. The maximum atomic E-state index is 12.5. The molecule has 5 heteroatoms. The van der Waals surface area contributed by atoms with Crippen LogP contribution < -0.4 is 5.32 Å². The number of amides is 2. The van der Waals surface area contributed by atoms with E-state index >= 15 is 0 Å². The average molecular weight is 266 g/mol. The maximum Gasteiger partial charge on any atom is 0.245 e. The lowest BCUT2D eigenvalue weighted by molar-refractivity contribution is -0.134. The van der Waals surface area contributed by atoms with Crippen molar-refractivity contribution in [2.24, 2.45) is 11.8 Å². The van der Waals surface area contributed by atoms with Gasteiger partial charge in [-0.25, -0.2) is 0 Å². The van der Waals surface area contributed by atoms with Gasteiger partial charge in [0.05, 0.1) is 0 Å². The number of ether oxygens (including phenoxy) is 1. The van der Waals surface area contributed by atoms with E-state index in [1.54, 1.807) is 0 Å². The molecular weight excluding hydrogens is 244 g/mol. The summed E-state index contributed by atoms with van der Waals surface area (Å²) in [5, 5.41) is 2.89. The Morgan fingerprint density at radius 3 is 2.79 bits per heavy atom. The zero-order chi connectivity index (χ0) is 13.2. The summed E-state index contributed by atoms with van der Waals surface area (Å²) in [7, 11) is 0. The number of nitrogens with one attached hydrogen (secondary N) is 1. The van der Waals surface area contributed by atoms with E-state index in [4.69, 9.17) is 4.74 Å². The van der Waals surface area contributed by atoms with Crippen molar-refractivity contribution in [2.45, 2.75) is 38.1 Å². The fourth-order valence-corrected chi connectivity index (χ4v) is 2.97. The first-order chi connectivity index (χ1) is 9.24. The molecule has 0 radical (unpaired) electrons.